The van der Waals surface area contributed by atoms with Gasteiger partial charge in [-0.3, -0.25) is 0 Å². The van der Waals surface area contributed by atoms with Crippen LogP contribution in [0.1, 0.15) is 19.3 Å². The Hall–Kier alpha value is -1.90. The minimum absolute atomic E-state index is 0.147. The SMILES string of the molecule is C1=CCC([S+](c2ccccc2)c2ccc(Sc3ccccc3)cc2)CC1. The molecule has 0 aromatic heterocycles. The number of hydrogen-bond acceptors (Lipinski definition) is 1. The summed E-state index contributed by atoms with van der Waals surface area (Å²) in [6.07, 6.45) is 8.40. The lowest BCUT2D eigenvalue weighted by Gasteiger charge is -2.20. The number of rotatable bonds is 5. The summed E-state index contributed by atoms with van der Waals surface area (Å²) in [6.45, 7) is 0. The summed E-state index contributed by atoms with van der Waals surface area (Å²) in [6, 6.07) is 30.9. The summed E-state index contributed by atoms with van der Waals surface area (Å²) in [4.78, 5) is 5.53. The van der Waals surface area contributed by atoms with Crippen LogP contribution in [-0.2, 0) is 10.9 Å². The normalized spacial score (nSPS) is 17.8. The first-order valence-corrected chi connectivity index (χ1v) is 11.3. The van der Waals surface area contributed by atoms with Crippen LogP contribution in [-0.4, -0.2) is 5.25 Å². The standard InChI is InChI=1S/C24H23S2/c1-4-10-20(11-5-1)25-21-16-18-24(19-17-21)26(22-12-6-2-7-13-22)23-14-8-3-9-15-23/h1-8,10-13,16-19,23H,9,14-15H2/q+1. The first-order chi connectivity index (χ1) is 12.9. The van der Waals surface area contributed by atoms with Gasteiger partial charge in [-0.05, 0) is 61.4 Å². The molecule has 0 bridgehead atoms. The summed E-state index contributed by atoms with van der Waals surface area (Å²) >= 11 is 1.83. The highest BCUT2D eigenvalue weighted by Gasteiger charge is 2.35. The maximum absolute atomic E-state index is 2.37. The number of allylic oxidation sites excluding steroid dienone is 2. The van der Waals surface area contributed by atoms with E-state index < -0.39 is 0 Å². The van der Waals surface area contributed by atoms with E-state index in [1.165, 1.54) is 38.8 Å². The van der Waals surface area contributed by atoms with E-state index in [2.05, 4.69) is 97.1 Å². The first kappa shape index (κ1) is 17.5. The highest BCUT2D eigenvalue weighted by Crippen LogP contribution is 2.35. The fourth-order valence-corrected chi connectivity index (χ4v) is 6.78. The maximum atomic E-state index is 2.37. The van der Waals surface area contributed by atoms with Crippen molar-refractivity contribution < 1.29 is 0 Å². The van der Waals surface area contributed by atoms with Gasteiger partial charge in [-0.15, -0.1) is 0 Å². The van der Waals surface area contributed by atoms with Gasteiger partial charge in [0, 0.05) is 16.2 Å². The van der Waals surface area contributed by atoms with Crippen LogP contribution in [0.3, 0.4) is 0 Å². The summed E-state index contributed by atoms with van der Waals surface area (Å²) in [5.41, 5.74) is 0. The molecule has 1 aliphatic rings. The molecule has 0 amide bonds. The van der Waals surface area contributed by atoms with Gasteiger partial charge in [0.25, 0.3) is 0 Å². The van der Waals surface area contributed by atoms with Gasteiger partial charge in [0.1, 0.15) is 5.25 Å². The van der Waals surface area contributed by atoms with Crippen molar-refractivity contribution in [3.63, 3.8) is 0 Å². The lowest BCUT2D eigenvalue weighted by Crippen LogP contribution is -2.23. The third-order valence-electron chi connectivity index (χ3n) is 4.61. The second-order valence-corrected chi connectivity index (χ2v) is 9.88. The van der Waals surface area contributed by atoms with Crippen LogP contribution in [0, 0.1) is 0 Å². The predicted molar refractivity (Wildman–Crippen MR) is 114 cm³/mol. The molecule has 3 aromatic rings. The molecule has 0 spiro atoms. The van der Waals surface area contributed by atoms with E-state index >= 15 is 0 Å². The Morgan fingerprint density at radius 3 is 1.92 bits per heavy atom. The Morgan fingerprint density at radius 1 is 0.654 bits per heavy atom. The van der Waals surface area contributed by atoms with E-state index in [0.29, 0.717) is 0 Å². The second kappa shape index (κ2) is 8.66. The quantitative estimate of drug-likeness (QED) is 0.342. The summed E-state index contributed by atoms with van der Waals surface area (Å²) in [5.74, 6) is 0. The van der Waals surface area contributed by atoms with Crippen LogP contribution in [0.2, 0.25) is 0 Å². The van der Waals surface area contributed by atoms with Crippen LogP contribution in [0.5, 0.6) is 0 Å². The average Bonchev–Trinajstić information content (AvgIpc) is 2.72. The molecule has 0 N–H and O–H groups in total. The molecule has 130 valence electrons. The molecule has 2 unspecified atom stereocenters. The Morgan fingerprint density at radius 2 is 1.27 bits per heavy atom. The molecule has 1 aliphatic carbocycles. The van der Waals surface area contributed by atoms with Gasteiger partial charge in [-0.2, -0.15) is 0 Å². The number of hydrogen-bond donors (Lipinski definition) is 0. The first-order valence-electron chi connectivity index (χ1n) is 9.16. The molecule has 2 heteroatoms. The minimum atomic E-state index is 0.147. The van der Waals surface area contributed by atoms with Crippen molar-refractivity contribution in [1.82, 2.24) is 0 Å². The molecule has 0 fully saturated rings. The van der Waals surface area contributed by atoms with Crippen LogP contribution < -0.4 is 0 Å². The van der Waals surface area contributed by atoms with Gasteiger partial charge < -0.3 is 0 Å². The van der Waals surface area contributed by atoms with Gasteiger partial charge in [0.2, 0.25) is 0 Å². The third kappa shape index (κ3) is 4.25. The van der Waals surface area contributed by atoms with E-state index in [0.717, 1.165) is 5.25 Å². The highest BCUT2D eigenvalue weighted by atomic mass is 32.2. The molecule has 0 aliphatic heterocycles. The smallest absolute Gasteiger partial charge is 0.0901 e. The highest BCUT2D eigenvalue weighted by molar-refractivity contribution is 7.99. The lowest BCUT2D eigenvalue weighted by atomic mass is 10.1. The summed E-state index contributed by atoms with van der Waals surface area (Å²) < 4.78 is 0. The van der Waals surface area contributed by atoms with E-state index in [1.807, 2.05) is 11.8 Å². The molecular formula is C24H23S2+. The molecule has 0 radical (unpaired) electrons. The molecule has 3 aromatic carbocycles. The van der Waals surface area contributed by atoms with Crippen molar-refractivity contribution in [3.05, 3.63) is 97.1 Å². The fraction of sp³-hybridized carbons (Fsp3) is 0.167. The predicted octanol–water partition coefficient (Wildman–Crippen LogP) is 6.98. The van der Waals surface area contributed by atoms with Gasteiger partial charge in [-0.1, -0.05) is 60.3 Å². The van der Waals surface area contributed by atoms with Gasteiger partial charge in [0.05, 0.1) is 10.9 Å². The molecule has 2 atom stereocenters. The van der Waals surface area contributed by atoms with Gasteiger partial charge in [-0.25, -0.2) is 0 Å². The average molecular weight is 376 g/mol. The Labute approximate surface area is 163 Å². The van der Waals surface area contributed by atoms with Crippen molar-refractivity contribution in [2.75, 3.05) is 0 Å². The molecule has 26 heavy (non-hydrogen) atoms. The zero-order chi connectivity index (χ0) is 17.6. The van der Waals surface area contributed by atoms with Crippen molar-refractivity contribution in [2.45, 2.75) is 44.1 Å². The van der Waals surface area contributed by atoms with Gasteiger partial charge in [0.15, 0.2) is 9.79 Å². The van der Waals surface area contributed by atoms with E-state index in [-0.39, 0.29) is 10.9 Å². The maximum Gasteiger partial charge on any atom is 0.161 e. The van der Waals surface area contributed by atoms with Crippen LogP contribution >= 0.6 is 11.8 Å². The largest absolute Gasteiger partial charge is 0.161 e. The Kier molecular flexibility index (Phi) is 5.83. The molecular weight excluding hydrogens is 352 g/mol. The van der Waals surface area contributed by atoms with Crippen molar-refractivity contribution in [3.8, 4) is 0 Å². The molecule has 4 rings (SSSR count). The van der Waals surface area contributed by atoms with Crippen LogP contribution in [0.15, 0.2) is 117 Å². The van der Waals surface area contributed by atoms with Crippen LogP contribution in [0.4, 0.5) is 0 Å². The van der Waals surface area contributed by atoms with E-state index in [9.17, 15) is 0 Å². The third-order valence-corrected chi connectivity index (χ3v) is 8.28. The second-order valence-electron chi connectivity index (χ2n) is 6.44. The van der Waals surface area contributed by atoms with Gasteiger partial charge >= 0.3 is 0 Å². The Balaban J connectivity index is 1.60. The number of benzene rings is 3. The molecule has 0 saturated heterocycles. The molecule has 0 saturated carbocycles. The minimum Gasteiger partial charge on any atom is -0.0901 e. The summed E-state index contributed by atoms with van der Waals surface area (Å²) in [7, 11) is 0.147. The fourth-order valence-electron chi connectivity index (χ4n) is 3.35. The van der Waals surface area contributed by atoms with Crippen molar-refractivity contribution in [2.24, 2.45) is 0 Å². The van der Waals surface area contributed by atoms with E-state index in [4.69, 9.17) is 0 Å². The van der Waals surface area contributed by atoms with Crippen molar-refractivity contribution in [1.29, 1.82) is 0 Å². The zero-order valence-electron chi connectivity index (χ0n) is 14.8. The topological polar surface area (TPSA) is 0 Å². The van der Waals surface area contributed by atoms with E-state index in [1.54, 1.807) is 0 Å². The Bertz CT molecular complexity index is 838. The zero-order valence-corrected chi connectivity index (χ0v) is 16.4. The van der Waals surface area contributed by atoms with Crippen molar-refractivity contribution >= 4 is 22.7 Å². The lowest BCUT2D eigenvalue weighted by molar-refractivity contribution is 0.740. The molecule has 0 nitrogen and oxygen atoms in total. The molecule has 0 heterocycles. The monoisotopic (exact) mass is 375 g/mol. The van der Waals surface area contributed by atoms with Crippen LogP contribution in [0.25, 0.3) is 0 Å². The summed E-state index contributed by atoms with van der Waals surface area (Å²) in [5, 5.41) is 0.718.